The second-order valence-electron chi connectivity index (χ2n) is 4.54. The number of hydrogen-bond donors (Lipinski definition) is 3. The Labute approximate surface area is 122 Å². The average Bonchev–Trinajstić information content (AvgIpc) is 2.46. The average molecular weight is 284 g/mol. The third-order valence-electron chi connectivity index (χ3n) is 2.75. The summed E-state index contributed by atoms with van der Waals surface area (Å²) in [5, 5.41) is 5.45. The summed E-state index contributed by atoms with van der Waals surface area (Å²) in [4.78, 5) is 26.7. The van der Waals surface area contributed by atoms with Crippen molar-refractivity contribution in [1.82, 2.24) is 10.3 Å². The second-order valence-corrected chi connectivity index (χ2v) is 4.54. The molecule has 21 heavy (non-hydrogen) atoms. The van der Waals surface area contributed by atoms with Crippen LogP contribution in [0, 0.1) is 0 Å². The van der Waals surface area contributed by atoms with E-state index in [4.69, 9.17) is 5.73 Å². The van der Waals surface area contributed by atoms with Crippen LogP contribution in [0.15, 0.2) is 42.6 Å². The Balaban J connectivity index is 1.92. The Morgan fingerprint density at radius 3 is 2.43 bits per heavy atom. The molecule has 1 aromatic heterocycles. The van der Waals surface area contributed by atoms with Crippen LogP contribution >= 0.6 is 0 Å². The van der Waals surface area contributed by atoms with E-state index >= 15 is 0 Å². The highest BCUT2D eigenvalue weighted by Gasteiger charge is 2.06. The molecule has 0 unspecified atom stereocenters. The molecule has 0 aliphatic rings. The molecule has 0 fully saturated rings. The number of amides is 2. The van der Waals surface area contributed by atoms with Crippen LogP contribution in [0.3, 0.4) is 0 Å². The van der Waals surface area contributed by atoms with E-state index in [1.54, 1.807) is 24.3 Å². The van der Waals surface area contributed by atoms with Gasteiger partial charge >= 0.3 is 0 Å². The number of nitrogens with one attached hydrogen (secondary N) is 2. The van der Waals surface area contributed by atoms with E-state index in [2.05, 4.69) is 15.6 Å². The molecule has 2 amide bonds. The number of carbonyl (C=O) groups is 2. The van der Waals surface area contributed by atoms with Gasteiger partial charge in [0.25, 0.3) is 5.91 Å². The van der Waals surface area contributed by atoms with Crippen LogP contribution in [-0.2, 0) is 11.3 Å². The molecule has 0 spiro atoms. The van der Waals surface area contributed by atoms with Crippen molar-refractivity contribution in [3.05, 3.63) is 53.9 Å². The van der Waals surface area contributed by atoms with E-state index < -0.39 is 0 Å². The maximum absolute atomic E-state index is 11.9. The first-order valence-corrected chi connectivity index (χ1v) is 6.41. The van der Waals surface area contributed by atoms with Crippen LogP contribution in [0.2, 0.25) is 0 Å². The Hall–Kier alpha value is -2.89. The molecule has 1 aromatic carbocycles. The van der Waals surface area contributed by atoms with Gasteiger partial charge in [0.2, 0.25) is 5.91 Å². The molecule has 1 heterocycles. The van der Waals surface area contributed by atoms with Gasteiger partial charge < -0.3 is 16.4 Å². The molecule has 108 valence electrons. The zero-order chi connectivity index (χ0) is 15.2. The molecule has 0 bridgehead atoms. The summed E-state index contributed by atoms with van der Waals surface area (Å²) in [6.07, 6.45) is 1.44. The molecular formula is C15H16N4O2. The van der Waals surface area contributed by atoms with Crippen LogP contribution in [0.4, 0.5) is 11.4 Å². The Bertz CT molecular complexity index is 636. The van der Waals surface area contributed by atoms with Crippen LogP contribution < -0.4 is 16.4 Å². The zero-order valence-electron chi connectivity index (χ0n) is 11.6. The summed E-state index contributed by atoms with van der Waals surface area (Å²) < 4.78 is 0. The van der Waals surface area contributed by atoms with E-state index in [-0.39, 0.29) is 11.8 Å². The molecule has 2 aromatic rings. The number of hydrogen-bond acceptors (Lipinski definition) is 4. The van der Waals surface area contributed by atoms with E-state index in [1.807, 2.05) is 12.1 Å². The fraction of sp³-hybridized carbons (Fsp3) is 0.133. The maximum atomic E-state index is 11.9. The van der Waals surface area contributed by atoms with Gasteiger partial charge in [-0.1, -0.05) is 12.1 Å². The molecule has 6 heteroatoms. The van der Waals surface area contributed by atoms with Crippen molar-refractivity contribution in [2.45, 2.75) is 13.5 Å². The molecule has 0 aliphatic heterocycles. The van der Waals surface area contributed by atoms with Gasteiger partial charge in [-0.15, -0.1) is 0 Å². The van der Waals surface area contributed by atoms with Crippen molar-refractivity contribution in [2.75, 3.05) is 11.1 Å². The van der Waals surface area contributed by atoms with Crippen molar-refractivity contribution < 1.29 is 9.59 Å². The Morgan fingerprint density at radius 2 is 1.86 bits per heavy atom. The summed E-state index contributed by atoms with van der Waals surface area (Å²) in [6, 6.07) is 10.4. The quantitative estimate of drug-likeness (QED) is 0.793. The van der Waals surface area contributed by atoms with E-state index in [1.165, 1.54) is 13.1 Å². The number of carbonyl (C=O) groups excluding carboxylic acids is 2. The molecule has 0 atom stereocenters. The third-order valence-corrected chi connectivity index (χ3v) is 2.75. The van der Waals surface area contributed by atoms with E-state index in [9.17, 15) is 9.59 Å². The van der Waals surface area contributed by atoms with Crippen molar-refractivity contribution in [3.63, 3.8) is 0 Å². The minimum Gasteiger partial charge on any atom is -0.397 e. The van der Waals surface area contributed by atoms with Crippen molar-refractivity contribution in [2.24, 2.45) is 0 Å². The first-order chi connectivity index (χ1) is 10.0. The number of nitrogens with zero attached hydrogens (tertiary/aromatic N) is 1. The molecule has 0 radical (unpaired) electrons. The number of nitrogen functional groups attached to an aromatic ring is 1. The van der Waals surface area contributed by atoms with Crippen molar-refractivity contribution >= 4 is 23.2 Å². The minimum absolute atomic E-state index is 0.120. The van der Waals surface area contributed by atoms with Crippen LogP contribution in [0.25, 0.3) is 0 Å². The smallest absolute Gasteiger partial charge is 0.270 e. The predicted octanol–water partition coefficient (Wildman–Crippen LogP) is 1.55. The highest BCUT2D eigenvalue weighted by Crippen LogP contribution is 2.09. The minimum atomic E-state index is -0.263. The van der Waals surface area contributed by atoms with E-state index in [0.29, 0.717) is 17.9 Å². The topological polar surface area (TPSA) is 97.1 Å². The number of benzene rings is 1. The highest BCUT2D eigenvalue weighted by molar-refractivity contribution is 5.92. The summed E-state index contributed by atoms with van der Waals surface area (Å²) >= 11 is 0. The fourth-order valence-electron chi connectivity index (χ4n) is 1.72. The van der Waals surface area contributed by atoms with Gasteiger partial charge in [-0.25, -0.2) is 4.98 Å². The first-order valence-electron chi connectivity index (χ1n) is 6.41. The number of anilines is 2. The molecule has 2 rings (SSSR count). The van der Waals surface area contributed by atoms with Crippen LogP contribution in [0.5, 0.6) is 0 Å². The Kier molecular flexibility index (Phi) is 4.50. The van der Waals surface area contributed by atoms with E-state index in [0.717, 1.165) is 11.3 Å². The number of aromatic nitrogens is 1. The van der Waals surface area contributed by atoms with Gasteiger partial charge in [0.05, 0.1) is 11.9 Å². The molecular weight excluding hydrogens is 268 g/mol. The van der Waals surface area contributed by atoms with Gasteiger partial charge in [0.1, 0.15) is 5.69 Å². The molecule has 0 saturated heterocycles. The molecule has 6 nitrogen and oxygen atoms in total. The summed E-state index contributed by atoms with van der Waals surface area (Å²) in [6.45, 7) is 1.83. The van der Waals surface area contributed by atoms with Gasteiger partial charge in [0.15, 0.2) is 0 Å². The number of pyridine rings is 1. The second kappa shape index (κ2) is 6.51. The lowest BCUT2D eigenvalue weighted by molar-refractivity contribution is -0.114. The Morgan fingerprint density at radius 1 is 1.14 bits per heavy atom. The lowest BCUT2D eigenvalue weighted by atomic mass is 10.2. The zero-order valence-corrected chi connectivity index (χ0v) is 11.6. The largest absolute Gasteiger partial charge is 0.397 e. The van der Waals surface area contributed by atoms with Crippen LogP contribution in [-0.4, -0.2) is 16.8 Å². The molecule has 4 N–H and O–H groups in total. The van der Waals surface area contributed by atoms with Gasteiger partial charge in [-0.2, -0.15) is 0 Å². The maximum Gasteiger partial charge on any atom is 0.270 e. The molecule has 0 aliphatic carbocycles. The van der Waals surface area contributed by atoms with Gasteiger partial charge in [-0.3, -0.25) is 9.59 Å². The van der Waals surface area contributed by atoms with Gasteiger partial charge in [-0.05, 0) is 29.8 Å². The summed E-state index contributed by atoms with van der Waals surface area (Å²) in [5.74, 6) is -0.383. The molecule has 0 saturated carbocycles. The number of rotatable bonds is 4. The summed E-state index contributed by atoms with van der Waals surface area (Å²) in [5.41, 5.74) is 7.99. The lowest BCUT2D eigenvalue weighted by Crippen LogP contribution is -2.23. The highest BCUT2D eigenvalue weighted by atomic mass is 16.2. The SMILES string of the molecule is CC(=O)Nc1ccc(CNC(=O)c2ccc(N)cn2)cc1. The van der Waals surface area contributed by atoms with Gasteiger partial charge in [0, 0.05) is 19.2 Å². The van der Waals surface area contributed by atoms with Crippen LogP contribution in [0.1, 0.15) is 23.0 Å². The van der Waals surface area contributed by atoms with Crippen molar-refractivity contribution in [1.29, 1.82) is 0 Å². The third kappa shape index (κ3) is 4.31. The standard InChI is InChI=1S/C15H16N4O2/c1-10(20)19-13-5-2-11(3-6-13)8-18-15(21)14-7-4-12(16)9-17-14/h2-7,9H,8,16H2,1H3,(H,18,21)(H,19,20). The predicted molar refractivity (Wildman–Crippen MR) is 80.6 cm³/mol. The van der Waals surface area contributed by atoms with Crippen molar-refractivity contribution in [3.8, 4) is 0 Å². The summed E-state index contributed by atoms with van der Waals surface area (Å²) in [7, 11) is 0. The number of nitrogens with two attached hydrogens (primary N) is 1. The normalized spacial score (nSPS) is 9.95. The monoisotopic (exact) mass is 284 g/mol. The fourth-order valence-corrected chi connectivity index (χ4v) is 1.72. The first kappa shape index (κ1) is 14.5. The lowest BCUT2D eigenvalue weighted by Gasteiger charge is -2.06.